The van der Waals surface area contributed by atoms with Crippen molar-refractivity contribution in [2.24, 2.45) is 0 Å². The Morgan fingerprint density at radius 2 is 1.65 bits per heavy atom. The van der Waals surface area contributed by atoms with Gasteiger partial charge in [0.25, 0.3) is 0 Å². The average Bonchev–Trinajstić information content (AvgIpc) is 2.71. The summed E-state index contributed by atoms with van der Waals surface area (Å²) in [6.45, 7) is 1.75. The van der Waals surface area contributed by atoms with Crippen LogP contribution in [0.4, 0.5) is 0 Å². The van der Waals surface area contributed by atoms with E-state index < -0.39 is 0 Å². The Bertz CT molecular complexity index is 735. The first-order chi connectivity index (χ1) is 11.3. The number of methoxy groups -OCH3 is 2. The molecule has 0 atom stereocenters. The van der Waals surface area contributed by atoms with Gasteiger partial charge in [-0.25, -0.2) is 0 Å². The maximum atomic E-state index is 5.56. The van der Waals surface area contributed by atoms with Crippen LogP contribution >= 0.6 is 0 Å². The fourth-order valence-corrected chi connectivity index (χ4v) is 3.74. The van der Waals surface area contributed by atoms with Gasteiger partial charge in [0.15, 0.2) is 0 Å². The molecule has 3 heteroatoms. The van der Waals surface area contributed by atoms with Gasteiger partial charge in [-0.2, -0.15) is 0 Å². The van der Waals surface area contributed by atoms with E-state index in [-0.39, 0.29) is 0 Å². The lowest BCUT2D eigenvalue weighted by molar-refractivity contribution is 0.402. The minimum absolute atomic E-state index is 0.673. The third kappa shape index (κ3) is 2.49. The van der Waals surface area contributed by atoms with E-state index in [0.717, 1.165) is 24.6 Å². The van der Waals surface area contributed by atoms with Crippen molar-refractivity contribution < 1.29 is 9.47 Å². The van der Waals surface area contributed by atoms with Gasteiger partial charge < -0.3 is 14.8 Å². The smallest absolute Gasteiger partial charge is 0.119 e. The molecule has 0 aromatic heterocycles. The van der Waals surface area contributed by atoms with E-state index in [1.807, 2.05) is 0 Å². The maximum absolute atomic E-state index is 5.56. The minimum Gasteiger partial charge on any atom is -0.497 e. The van der Waals surface area contributed by atoms with E-state index in [2.05, 4.69) is 35.6 Å². The molecule has 2 aromatic carbocycles. The predicted octanol–water partition coefficient (Wildman–Crippen LogP) is 4.24. The zero-order chi connectivity index (χ0) is 15.8. The minimum atomic E-state index is 0.673. The lowest BCUT2D eigenvalue weighted by Crippen LogP contribution is -2.13. The predicted molar refractivity (Wildman–Crippen MR) is 92.1 cm³/mol. The molecular weight excluding hydrogens is 286 g/mol. The van der Waals surface area contributed by atoms with Crippen molar-refractivity contribution in [3.05, 3.63) is 47.0 Å². The summed E-state index contributed by atoms with van der Waals surface area (Å²) in [5, 5.41) is 3.55. The molecule has 0 amide bonds. The number of rotatable bonds is 3. The Balaban J connectivity index is 1.93. The lowest BCUT2D eigenvalue weighted by Gasteiger charge is -2.30. The van der Waals surface area contributed by atoms with Crippen LogP contribution < -0.4 is 14.8 Å². The van der Waals surface area contributed by atoms with Crippen molar-refractivity contribution in [2.45, 2.75) is 38.3 Å². The second kappa shape index (κ2) is 5.89. The summed E-state index contributed by atoms with van der Waals surface area (Å²) < 4.78 is 11.0. The van der Waals surface area contributed by atoms with Crippen molar-refractivity contribution in [1.82, 2.24) is 5.32 Å². The highest BCUT2D eigenvalue weighted by molar-refractivity contribution is 5.77. The topological polar surface area (TPSA) is 30.5 Å². The number of nitrogens with one attached hydrogen (secondary N) is 1. The zero-order valence-corrected chi connectivity index (χ0v) is 13.8. The number of hydrogen-bond acceptors (Lipinski definition) is 3. The van der Waals surface area contributed by atoms with Crippen molar-refractivity contribution >= 4 is 0 Å². The second-order valence-electron chi connectivity index (χ2n) is 6.51. The molecule has 0 unspecified atom stereocenters. The summed E-state index contributed by atoms with van der Waals surface area (Å²) in [7, 11) is 3.49. The SMILES string of the molecule is COc1ccc2c(c1)CNCc1cc(OC)cc(C3CCC3)c1-2. The molecule has 2 aliphatic rings. The van der Waals surface area contributed by atoms with Crippen LogP contribution in [0.3, 0.4) is 0 Å². The molecule has 0 saturated heterocycles. The van der Waals surface area contributed by atoms with Crippen molar-refractivity contribution in [3.8, 4) is 22.6 Å². The molecule has 0 radical (unpaired) electrons. The third-order valence-electron chi connectivity index (χ3n) is 5.22. The largest absolute Gasteiger partial charge is 0.497 e. The number of ether oxygens (including phenoxy) is 2. The summed E-state index contributed by atoms with van der Waals surface area (Å²) >= 11 is 0. The first kappa shape index (κ1) is 14.6. The van der Waals surface area contributed by atoms with Gasteiger partial charge in [0.1, 0.15) is 11.5 Å². The number of benzene rings is 2. The molecule has 0 spiro atoms. The van der Waals surface area contributed by atoms with Gasteiger partial charge in [-0.15, -0.1) is 0 Å². The van der Waals surface area contributed by atoms with Crippen LogP contribution in [-0.4, -0.2) is 14.2 Å². The average molecular weight is 309 g/mol. The summed E-state index contributed by atoms with van der Waals surface area (Å²) in [5.41, 5.74) is 6.87. The molecule has 1 heterocycles. The van der Waals surface area contributed by atoms with E-state index in [4.69, 9.17) is 9.47 Å². The first-order valence-corrected chi connectivity index (χ1v) is 8.39. The van der Waals surface area contributed by atoms with Crippen LogP contribution in [0, 0.1) is 0 Å². The van der Waals surface area contributed by atoms with E-state index >= 15 is 0 Å². The molecule has 23 heavy (non-hydrogen) atoms. The van der Waals surface area contributed by atoms with Crippen LogP contribution in [-0.2, 0) is 13.1 Å². The standard InChI is InChI=1S/C20H23NO2/c1-22-16-6-7-18-14(8-16)11-21-12-15-9-17(23-2)10-19(20(15)18)13-4-3-5-13/h6-10,13,21H,3-5,11-12H2,1-2H3. The van der Waals surface area contributed by atoms with Crippen LogP contribution in [0.1, 0.15) is 41.9 Å². The fourth-order valence-electron chi connectivity index (χ4n) is 3.74. The highest BCUT2D eigenvalue weighted by Gasteiger charge is 2.27. The van der Waals surface area contributed by atoms with Gasteiger partial charge in [0.2, 0.25) is 0 Å². The van der Waals surface area contributed by atoms with E-state index in [1.54, 1.807) is 14.2 Å². The fraction of sp³-hybridized carbons (Fsp3) is 0.400. The Labute approximate surface area is 137 Å². The van der Waals surface area contributed by atoms with Gasteiger partial charge in [-0.05, 0) is 70.8 Å². The van der Waals surface area contributed by atoms with Gasteiger partial charge in [-0.3, -0.25) is 0 Å². The lowest BCUT2D eigenvalue weighted by atomic mass is 9.75. The second-order valence-corrected chi connectivity index (χ2v) is 6.51. The van der Waals surface area contributed by atoms with E-state index in [0.29, 0.717) is 5.92 Å². The van der Waals surface area contributed by atoms with Crippen molar-refractivity contribution in [3.63, 3.8) is 0 Å². The molecule has 2 aromatic rings. The van der Waals surface area contributed by atoms with Gasteiger partial charge in [-0.1, -0.05) is 12.5 Å². The van der Waals surface area contributed by atoms with Crippen molar-refractivity contribution in [1.29, 1.82) is 0 Å². The molecule has 0 bridgehead atoms. The van der Waals surface area contributed by atoms with Crippen LogP contribution in [0.5, 0.6) is 11.5 Å². The first-order valence-electron chi connectivity index (χ1n) is 8.39. The molecule has 4 rings (SSSR count). The number of hydrogen-bond donors (Lipinski definition) is 1. The highest BCUT2D eigenvalue weighted by atomic mass is 16.5. The van der Waals surface area contributed by atoms with Gasteiger partial charge >= 0.3 is 0 Å². The van der Waals surface area contributed by atoms with Gasteiger partial charge in [0, 0.05) is 13.1 Å². The monoisotopic (exact) mass is 309 g/mol. The molecule has 1 fully saturated rings. The van der Waals surface area contributed by atoms with E-state index in [1.165, 1.54) is 47.1 Å². The Morgan fingerprint density at radius 3 is 2.35 bits per heavy atom. The maximum Gasteiger partial charge on any atom is 0.119 e. The van der Waals surface area contributed by atoms with Gasteiger partial charge in [0.05, 0.1) is 14.2 Å². The molecule has 1 aliphatic heterocycles. The molecule has 1 aliphatic carbocycles. The summed E-state index contributed by atoms with van der Waals surface area (Å²) in [4.78, 5) is 0. The van der Waals surface area contributed by atoms with Crippen LogP contribution in [0.15, 0.2) is 30.3 Å². The molecule has 1 saturated carbocycles. The number of fused-ring (bicyclic) bond motifs is 3. The normalized spacial score (nSPS) is 16.8. The third-order valence-corrected chi connectivity index (χ3v) is 5.22. The van der Waals surface area contributed by atoms with Crippen LogP contribution in [0.2, 0.25) is 0 Å². The Hall–Kier alpha value is -2.00. The van der Waals surface area contributed by atoms with E-state index in [9.17, 15) is 0 Å². The van der Waals surface area contributed by atoms with Crippen LogP contribution in [0.25, 0.3) is 11.1 Å². The summed E-state index contributed by atoms with van der Waals surface area (Å²) in [6, 6.07) is 10.9. The zero-order valence-electron chi connectivity index (χ0n) is 13.8. The molecule has 3 nitrogen and oxygen atoms in total. The highest BCUT2D eigenvalue weighted by Crippen LogP contribution is 2.46. The molecule has 120 valence electrons. The summed E-state index contributed by atoms with van der Waals surface area (Å²) in [6.07, 6.45) is 3.92. The van der Waals surface area contributed by atoms with Crippen molar-refractivity contribution in [2.75, 3.05) is 14.2 Å². The quantitative estimate of drug-likeness (QED) is 0.920. The Kier molecular flexibility index (Phi) is 3.74. The molecular formula is C20H23NO2. The molecule has 1 N–H and O–H groups in total. The summed E-state index contributed by atoms with van der Waals surface area (Å²) in [5.74, 6) is 2.57. The Morgan fingerprint density at radius 1 is 0.913 bits per heavy atom.